The molecule has 1 heterocycles. The standard InChI is InChI=1S/C19H17FN2OS/c20-16-8-6-14(7-9-16)10-11-21-19(23)17-13-24-18(22-17)12-15-4-2-1-3-5-15/h1-9,13H,10-12H2,(H,21,23). The van der Waals surface area contributed by atoms with Crippen molar-refractivity contribution in [3.05, 3.63) is 87.6 Å². The Morgan fingerprint density at radius 2 is 1.79 bits per heavy atom. The molecule has 0 unspecified atom stereocenters. The van der Waals surface area contributed by atoms with E-state index in [-0.39, 0.29) is 11.7 Å². The molecule has 0 radical (unpaired) electrons. The van der Waals surface area contributed by atoms with Gasteiger partial charge in [-0.3, -0.25) is 4.79 Å². The zero-order valence-electron chi connectivity index (χ0n) is 13.0. The van der Waals surface area contributed by atoms with Gasteiger partial charge in [-0.15, -0.1) is 11.3 Å². The number of rotatable bonds is 6. The molecule has 0 atom stereocenters. The van der Waals surface area contributed by atoms with Crippen LogP contribution in [0.1, 0.15) is 26.6 Å². The summed E-state index contributed by atoms with van der Waals surface area (Å²) in [7, 11) is 0. The van der Waals surface area contributed by atoms with Gasteiger partial charge in [-0.1, -0.05) is 42.5 Å². The van der Waals surface area contributed by atoms with Crippen molar-refractivity contribution in [2.24, 2.45) is 0 Å². The van der Waals surface area contributed by atoms with Gasteiger partial charge in [-0.2, -0.15) is 0 Å². The second-order valence-corrected chi connectivity index (χ2v) is 6.36. The van der Waals surface area contributed by atoms with Gasteiger partial charge in [0.2, 0.25) is 0 Å². The van der Waals surface area contributed by atoms with Crippen LogP contribution in [-0.2, 0) is 12.8 Å². The molecule has 3 rings (SSSR count). The second-order valence-electron chi connectivity index (χ2n) is 5.42. The first-order valence-electron chi connectivity index (χ1n) is 7.72. The quantitative estimate of drug-likeness (QED) is 0.741. The largest absolute Gasteiger partial charge is 0.350 e. The van der Waals surface area contributed by atoms with E-state index in [2.05, 4.69) is 10.3 Å². The van der Waals surface area contributed by atoms with Crippen LogP contribution in [0.3, 0.4) is 0 Å². The lowest BCUT2D eigenvalue weighted by molar-refractivity contribution is 0.0949. The van der Waals surface area contributed by atoms with Crippen LogP contribution in [0.25, 0.3) is 0 Å². The average molecular weight is 340 g/mol. The topological polar surface area (TPSA) is 42.0 Å². The molecule has 0 aliphatic heterocycles. The van der Waals surface area contributed by atoms with E-state index in [0.717, 1.165) is 17.0 Å². The Kier molecular flexibility index (Phi) is 5.33. The number of benzene rings is 2. The molecule has 0 aliphatic rings. The molecule has 1 amide bonds. The summed E-state index contributed by atoms with van der Waals surface area (Å²) in [6.45, 7) is 0.496. The summed E-state index contributed by atoms with van der Waals surface area (Å²) in [6, 6.07) is 16.3. The Hall–Kier alpha value is -2.53. The zero-order valence-corrected chi connectivity index (χ0v) is 13.9. The van der Waals surface area contributed by atoms with Crippen molar-refractivity contribution < 1.29 is 9.18 Å². The van der Waals surface area contributed by atoms with Crippen LogP contribution in [0.2, 0.25) is 0 Å². The Balaban J connectivity index is 1.51. The minimum atomic E-state index is -0.254. The Labute approximate surface area is 144 Å². The maximum absolute atomic E-state index is 12.8. The summed E-state index contributed by atoms with van der Waals surface area (Å²) >= 11 is 1.49. The number of carbonyl (C=O) groups excluding carboxylic acids is 1. The van der Waals surface area contributed by atoms with Gasteiger partial charge in [0, 0.05) is 18.3 Å². The second kappa shape index (κ2) is 7.84. The van der Waals surface area contributed by atoms with E-state index in [9.17, 15) is 9.18 Å². The van der Waals surface area contributed by atoms with Crippen LogP contribution >= 0.6 is 11.3 Å². The van der Waals surface area contributed by atoms with Gasteiger partial charge in [-0.25, -0.2) is 9.37 Å². The Morgan fingerprint density at radius 3 is 2.54 bits per heavy atom. The summed E-state index contributed by atoms with van der Waals surface area (Å²) < 4.78 is 12.8. The van der Waals surface area contributed by atoms with E-state index in [1.807, 2.05) is 30.3 Å². The molecule has 5 heteroatoms. The van der Waals surface area contributed by atoms with E-state index in [1.54, 1.807) is 17.5 Å². The minimum absolute atomic E-state index is 0.173. The highest BCUT2D eigenvalue weighted by Gasteiger charge is 2.10. The molecule has 0 aliphatic carbocycles. The molecule has 122 valence electrons. The number of nitrogens with one attached hydrogen (secondary N) is 1. The number of amides is 1. The molecule has 1 aromatic heterocycles. The smallest absolute Gasteiger partial charge is 0.270 e. The number of nitrogens with zero attached hydrogens (tertiary/aromatic N) is 1. The Morgan fingerprint density at radius 1 is 1.04 bits per heavy atom. The fraction of sp³-hybridized carbons (Fsp3) is 0.158. The predicted octanol–water partition coefficient (Wildman–Crippen LogP) is 3.85. The number of hydrogen-bond acceptors (Lipinski definition) is 3. The molecule has 2 aromatic carbocycles. The fourth-order valence-electron chi connectivity index (χ4n) is 2.33. The fourth-order valence-corrected chi connectivity index (χ4v) is 3.14. The highest BCUT2D eigenvalue weighted by Crippen LogP contribution is 2.14. The SMILES string of the molecule is O=C(NCCc1ccc(F)cc1)c1csc(Cc2ccccc2)n1. The predicted molar refractivity (Wildman–Crippen MR) is 93.8 cm³/mol. The van der Waals surface area contributed by atoms with Gasteiger partial charge in [-0.05, 0) is 29.7 Å². The third-order valence-electron chi connectivity index (χ3n) is 3.60. The lowest BCUT2D eigenvalue weighted by atomic mass is 10.1. The lowest BCUT2D eigenvalue weighted by Crippen LogP contribution is -2.26. The summed E-state index contributed by atoms with van der Waals surface area (Å²) in [5.74, 6) is -0.427. The molecule has 0 spiro atoms. The van der Waals surface area contributed by atoms with Crippen molar-refractivity contribution >= 4 is 17.2 Å². The molecule has 0 fully saturated rings. The van der Waals surface area contributed by atoms with Gasteiger partial charge in [0.1, 0.15) is 11.5 Å². The van der Waals surface area contributed by atoms with Crippen molar-refractivity contribution in [1.82, 2.24) is 10.3 Å². The van der Waals surface area contributed by atoms with Gasteiger partial charge in [0.05, 0.1) is 5.01 Å². The average Bonchev–Trinajstić information content (AvgIpc) is 3.06. The molecular formula is C19H17FN2OS. The van der Waals surface area contributed by atoms with Gasteiger partial charge in [0.15, 0.2) is 0 Å². The molecule has 3 nitrogen and oxygen atoms in total. The third-order valence-corrected chi connectivity index (χ3v) is 4.44. The summed E-state index contributed by atoms with van der Waals surface area (Å²) in [5.41, 5.74) is 2.61. The van der Waals surface area contributed by atoms with Crippen LogP contribution < -0.4 is 5.32 Å². The van der Waals surface area contributed by atoms with Gasteiger partial charge in [0.25, 0.3) is 5.91 Å². The molecule has 1 N–H and O–H groups in total. The van der Waals surface area contributed by atoms with Crippen LogP contribution in [0.4, 0.5) is 4.39 Å². The number of carbonyl (C=O) groups is 1. The van der Waals surface area contributed by atoms with Gasteiger partial charge < -0.3 is 5.32 Å². The molecule has 0 saturated carbocycles. The van der Waals surface area contributed by atoms with E-state index in [1.165, 1.54) is 29.0 Å². The molecule has 24 heavy (non-hydrogen) atoms. The van der Waals surface area contributed by atoms with Crippen molar-refractivity contribution in [2.75, 3.05) is 6.54 Å². The number of halogens is 1. The third kappa shape index (κ3) is 4.49. The van der Waals surface area contributed by atoms with Crippen LogP contribution in [0.15, 0.2) is 60.0 Å². The summed E-state index contributed by atoms with van der Waals surface area (Å²) in [5, 5.41) is 5.56. The monoisotopic (exact) mass is 340 g/mol. The first-order chi connectivity index (χ1) is 11.7. The van der Waals surface area contributed by atoms with E-state index in [4.69, 9.17) is 0 Å². The number of aromatic nitrogens is 1. The normalized spacial score (nSPS) is 10.5. The summed E-state index contributed by atoms with van der Waals surface area (Å²) in [6.07, 6.45) is 1.39. The molecule has 3 aromatic rings. The van der Waals surface area contributed by atoms with Crippen molar-refractivity contribution in [2.45, 2.75) is 12.8 Å². The highest BCUT2D eigenvalue weighted by molar-refractivity contribution is 7.09. The molecular weight excluding hydrogens is 323 g/mol. The van der Waals surface area contributed by atoms with Crippen LogP contribution in [0.5, 0.6) is 0 Å². The summed E-state index contributed by atoms with van der Waals surface area (Å²) in [4.78, 5) is 16.5. The van der Waals surface area contributed by atoms with Crippen molar-refractivity contribution in [1.29, 1.82) is 0 Å². The number of thiazole rings is 1. The molecule has 0 bridgehead atoms. The molecule has 0 saturated heterocycles. The first-order valence-corrected chi connectivity index (χ1v) is 8.59. The van der Waals surface area contributed by atoms with Crippen LogP contribution in [-0.4, -0.2) is 17.4 Å². The maximum Gasteiger partial charge on any atom is 0.270 e. The highest BCUT2D eigenvalue weighted by atomic mass is 32.1. The zero-order chi connectivity index (χ0) is 16.8. The first kappa shape index (κ1) is 16.3. The van der Waals surface area contributed by atoms with E-state index >= 15 is 0 Å². The van der Waals surface area contributed by atoms with Crippen LogP contribution in [0, 0.1) is 5.82 Å². The minimum Gasteiger partial charge on any atom is -0.350 e. The number of hydrogen-bond donors (Lipinski definition) is 1. The van der Waals surface area contributed by atoms with Crippen molar-refractivity contribution in [3.8, 4) is 0 Å². The van der Waals surface area contributed by atoms with E-state index < -0.39 is 0 Å². The van der Waals surface area contributed by atoms with Gasteiger partial charge >= 0.3 is 0 Å². The maximum atomic E-state index is 12.8. The lowest BCUT2D eigenvalue weighted by Gasteiger charge is -2.03. The van der Waals surface area contributed by atoms with E-state index in [0.29, 0.717) is 18.7 Å². The van der Waals surface area contributed by atoms with Crippen molar-refractivity contribution in [3.63, 3.8) is 0 Å². The Bertz CT molecular complexity index is 800.